The second-order valence-corrected chi connectivity index (χ2v) is 3.94. The summed E-state index contributed by atoms with van der Waals surface area (Å²) in [6.07, 6.45) is 0. The number of benzene rings is 1. The van der Waals surface area contributed by atoms with Gasteiger partial charge in [-0.1, -0.05) is 11.6 Å². The highest BCUT2D eigenvalue weighted by Gasteiger charge is 2.04. The maximum absolute atomic E-state index is 12.7. The van der Waals surface area contributed by atoms with Gasteiger partial charge in [0.25, 0.3) is 0 Å². The van der Waals surface area contributed by atoms with Gasteiger partial charge in [0.15, 0.2) is 0 Å². The second kappa shape index (κ2) is 5.34. The van der Waals surface area contributed by atoms with Crippen molar-refractivity contribution in [3.8, 4) is 11.6 Å². The molecule has 0 N–H and O–H groups in total. The summed E-state index contributed by atoms with van der Waals surface area (Å²) in [5.74, 6) is 0.765. The number of hydrogen-bond donors (Lipinski definition) is 0. The van der Waals surface area contributed by atoms with Crippen LogP contribution in [-0.4, -0.2) is 4.98 Å². The zero-order valence-electron chi connectivity index (χ0n) is 8.66. The van der Waals surface area contributed by atoms with Crippen LogP contribution in [0.15, 0.2) is 36.4 Å². The van der Waals surface area contributed by atoms with E-state index in [1.807, 2.05) is 0 Å². The van der Waals surface area contributed by atoms with E-state index in [0.29, 0.717) is 22.3 Å². The van der Waals surface area contributed by atoms with Crippen LogP contribution in [0.1, 0.15) is 5.69 Å². The number of aromatic nitrogens is 1. The Balaban J connectivity index is 2.21. The monoisotopic (exact) mass is 271 g/mol. The molecule has 0 bridgehead atoms. The summed E-state index contributed by atoms with van der Waals surface area (Å²) in [5.41, 5.74) is 0.549. The second-order valence-electron chi connectivity index (χ2n) is 3.27. The number of hydrogen-bond acceptors (Lipinski definition) is 2. The molecule has 5 heteroatoms. The Bertz CT molecular complexity index is 516. The minimum atomic E-state index is -0.317. The maximum atomic E-state index is 12.7. The van der Waals surface area contributed by atoms with Gasteiger partial charge in [0.05, 0.1) is 16.6 Å². The number of alkyl halides is 1. The Hall–Kier alpha value is -1.32. The fraction of sp³-hybridized carbons (Fsp3) is 0.0833. The molecule has 0 aliphatic carbocycles. The number of rotatable bonds is 3. The summed E-state index contributed by atoms with van der Waals surface area (Å²) in [4.78, 5) is 4.13. The maximum Gasteiger partial charge on any atom is 0.219 e. The SMILES string of the molecule is Fc1ccc(Oc2ccc(Cl)c(CCl)n2)cc1. The first-order chi connectivity index (χ1) is 8.19. The molecule has 2 nitrogen and oxygen atoms in total. The summed E-state index contributed by atoms with van der Waals surface area (Å²) < 4.78 is 18.1. The van der Waals surface area contributed by atoms with Crippen molar-refractivity contribution >= 4 is 23.2 Å². The fourth-order valence-electron chi connectivity index (χ4n) is 1.24. The van der Waals surface area contributed by atoms with Crippen molar-refractivity contribution in [2.75, 3.05) is 0 Å². The van der Waals surface area contributed by atoms with Crippen LogP contribution in [-0.2, 0) is 5.88 Å². The molecule has 0 amide bonds. The number of pyridine rings is 1. The van der Waals surface area contributed by atoms with E-state index >= 15 is 0 Å². The van der Waals surface area contributed by atoms with Gasteiger partial charge in [0.1, 0.15) is 11.6 Å². The van der Waals surface area contributed by atoms with E-state index < -0.39 is 0 Å². The zero-order chi connectivity index (χ0) is 12.3. The molecule has 0 atom stereocenters. The molecule has 1 aromatic carbocycles. The largest absolute Gasteiger partial charge is 0.439 e. The van der Waals surface area contributed by atoms with E-state index in [-0.39, 0.29) is 11.7 Å². The molecular weight excluding hydrogens is 264 g/mol. The van der Waals surface area contributed by atoms with Crippen LogP contribution in [0.3, 0.4) is 0 Å². The van der Waals surface area contributed by atoms with Crippen molar-refractivity contribution in [2.45, 2.75) is 5.88 Å². The zero-order valence-corrected chi connectivity index (χ0v) is 10.2. The minimum Gasteiger partial charge on any atom is -0.439 e. The predicted molar refractivity (Wildman–Crippen MR) is 65.3 cm³/mol. The van der Waals surface area contributed by atoms with Crippen molar-refractivity contribution < 1.29 is 9.13 Å². The summed E-state index contributed by atoms with van der Waals surface area (Å²) in [5, 5.41) is 0.492. The Morgan fingerprint density at radius 2 is 1.82 bits per heavy atom. The van der Waals surface area contributed by atoms with Crippen LogP contribution in [0.4, 0.5) is 4.39 Å². The quantitative estimate of drug-likeness (QED) is 0.772. The minimum absolute atomic E-state index is 0.208. The van der Waals surface area contributed by atoms with Crippen molar-refractivity contribution in [3.05, 3.63) is 52.9 Å². The topological polar surface area (TPSA) is 22.1 Å². The van der Waals surface area contributed by atoms with E-state index in [4.69, 9.17) is 27.9 Å². The van der Waals surface area contributed by atoms with Gasteiger partial charge >= 0.3 is 0 Å². The first kappa shape index (κ1) is 12.1. The molecule has 88 valence electrons. The summed E-state index contributed by atoms with van der Waals surface area (Å²) >= 11 is 11.5. The average molecular weight is 272 g/mol. The van der Waals surface area contributed by atoms with Gasteiger partial charge in [-0.3, -0.25) is 0 Å². The van der Waals surface area contributed by atoms with E-state index in [1.165, 1.54) is 24.3 Å². The molecule has 2 aromatic rings. The summed E-state index contributed by atoms with van der Waals surface area (Å²) in [6, 6.07) is 8.95. The van der Waals surface area contributed by atoms with Crippen molar-refractivity contribution in [3.63, 3.8) is 0 Å². The van der Waals surface area contributed by atoms with Gasteiger partial charge in [-0.15, -0.1) is 11.6 Å². The third-order valence-electron chi connectivity index (χ3n) is 2.06. The summed E-state index contributed by atoms with van der Waals surface area (Å²) in [7, 11) is 0. The lowest BCUT2D eigenvalue weighted by atomic mass is 10.3. The lowest BCUT2D eigenvalue weighted by Gasteiger charge is -2.06. The molecule has 1 heterocycles. The molecule has 0 fully saturated rings. The smallest absolute Gasteiger partial charge is 0.219 e. The number of ether oxygens (including phenoxy) is 1. The molecular formula is C12H8Cl2FNO. The fourth-order valence-corrected chi connectivity index (χ4v) is 1.68. The molecule has 17 heavy (non-hydrogen) atoms. The van der Waals surface area contributed by atoms with Gasteiger partial charge in [-0.2, -0.15) is 0 Å². The molecule has 0 unspecified atom stereocenters. The van der Waals surface area contributed by atoms with Gasteiger partial charge in [0, 0.05) is 6.07 Å². The highest BCUT2D eigenvalue weighted by molar-refractivity contribution is 6.32. The lowest BCUT2D eigenvalue weighted by molar-refractivity contribution is 0.460. The molecule has 2 rings (SSSR count). The van der Waals surface area contributed by atoms with Crippen LogP contribution in [0, 0.1) is 5.82 Å². The number of halogens is 3. The molecule has 1 aromatic heterocycles. The molecule has 0 aliphatic heterocycles. The van der Waals surface area contributed by atoms with E-state index in [2.05, 4.69) is 4.98 Å². The van der Waals surface area contributed by atoms with Crippen molar-refractivity contribution in [1.82, 2.24) is 4.98 Å². The van der Waals surface area contributed by atoms with Crippen molar-refractivity contribution in [1.29, 1.82) is 0 Å². The Morgan fingerprint density at radius 3 is 2.47 bits per heavy atom. The Morgan fingerprint density at radius 1 is 1.12 bits per heavy atom. The van der Waals surface area contributed by atoms with Gasteiger partial charge in [-0.05, 0) is 30.3 Å². The standard InChI is InChI=1S/C12H8Cl2FNO/c13-7-11-10(14)5-6-12(16-11)17-9-3-1-8(15)2-4-9/h1-6H,7H2. The predicted octanol–water partition coefficient (Wildman–Crippen LogP) is 4.41. The van der Waals surface area contributed by atoms with E-state index in [1.54, 1.807) is 12.1 Å². The molecule has 0 aliphatic rings. The van der Waals surface area contributed by atoms with Crippen LogP contribution >= 0.6 is 23.2 Å². The van der Waals surface area contributed by atoms with Crippen LogP contribution in [0.2, 0.25) is 5.02 Å². The van der Waals surface area contributed by atoms with E-state index in [9.17, 15) is 4.39 Å². The third-order valence-corrected chi connectivity index (χ3v) is 2.65. The lowest BCUT2D eigenvalue weighted by Crippen LogP contribution is -1.92. The van der Waals surface area contributed by atoms with Crippen LogP contribution in [0.5, 0.6) is 11.6 Å². The molecule has 0 saturated carbocycles. The molecule has 0 saturated heterocycles. The normalized spacial score (nSPS) is 10.3. The van der Waals surface area contributed by atoms with Gasteiger partial charge < -0.3 is 4.74 Å². The average Bonchev–Trinajstić information content (AvgIpc) is 2.34. The highest BCUT2D eigenvalue weighted by Crippen LogP contribution is 2.24. The third kappa shape index (κ3) is 3.08. The van der Waals surface area contributed by atoms with Crippen molar-refractivity contribution in [2.24, 2.45) is 0 Å². The first-order valence-corrected chi connectivity index (χ1v) is 5.75. The van der Waals surface area contributed by atoms with Gasteiger partial charge in [0.2, 0.25) is 5.88 Å². The first-order valence-electron chi connectivity index (χ1n) is 4.84. The Kier molecular flexibility index (Phi) is 3.82. The number of nitrogens with zero attached hydrogens (tertiary/aromatic N) is 1. The van der Waals surface area contributed by atoms with E-state index in [0.717, 1.165) is 0 Å². The molecule has 0 radical (unpaired) electrons. The van der Waals surface area contributed by atoms with Crippen LogP contribution in [0.25, 0.3) is 0 Å². The van der Waals surface area contributed by atoms with Gasteiger partial charge in [-0.25, -0.2) is 9.37 Å². The Labute approximate surface area is 108 Å². The molecule has 0 spiro atoms. The summed E-state index contributed by atoms with van der Waals surface area (Å²) in [6.45, 7) is 0. The highest BCUT2D eigenvalue weighted by atomic mass is 35.5. The van der Waals surface area contributed by atoms with Crippen LogP contribution < -0.4 is 4.74 Å².